The summed E-state index contributed by atoms with van der Waals surface area (Å²) in [6.07, 6.45) is 12.7. The van der Waals surface area contributed by atoms with E-state index in [0.29, 0.717) is 42.9 Å². The molecule has 6 rings (SSSR count). The van der Waals surface area contributed by atoms with Crippen LogP contribution in [-0.4, -0.2) is 82.9 Å². The van der Waals surface area contributed by atoms with Crippen LogP contribution in [0.2, 0.25) is 0 Å². The van der Waals surface area contributed by atoms with Crippen LogP contribution in [0.25, 0.3) is 0 Å². The fourth-order valence-corrected chi connectivity index (χ4v) is 7.21. The Morgan fingerprint density at radius 2 is 1.75 bits per heavy atom. The number of anilines is 4. The number of halogens is 2. The normalized spacial score (nSPS) is 24.1. The molecule has 4 N–H and O–H groups in total. The van der Waals surface area contributed by atoms with Crippen LogP contribution in [0.3, 0.4) is 0 Å². The highest BCUT2D eigenvalue weighted by molar-refractivity contribution is 6.22. The summed E-state index contributed by atoms with van der Waals surface area (Å²) < 4.78 is 22.4. The van der Waals surface area contributed by atoms with Gasteiger partial charge in [0.1, 0.15) is 17.1 Å². The molecule has 1 unspecified atom stereocenters. The number of hydrogen-bond acceptors (Lipinski definition) is 8. The van der Waals surface area contributed by atoms with Gasteiger partial charge in [-0.1, -0.05) is 44.9 Å². The number of amides is 1. The third-order valence-electron chi connectivity index (χ3n) is 9.20. The Morgan fingerprint density at radius 1 is 1.07 bits per heavy atom. The Morgan fingerprint density at radius 3 is 2.40 bits per heavy atom. The molecule has 0 radical (unpaired) electrons. The Hall–Kier alpha value is -2.63. The van der Waals surface area contributed by atoms with Crippen LogP contribution in [0.1, 0.15) is 68.1 Å². The van der Waals surface area contributed by atoms with E-state index in [0.717, 1.165) is 64.8 Å². The topological polar surface area (TPSA) is 114 Å². The number of nitrogens with one attached hydrogen (secondary N) is 2. The van der Waals surface area contributed by atoms with Gasteiger partial charge >= 0.3 is 0 Å². The number of nitrogen functional groups attached to an aromatic ring is 1. The molecule has 1 amide bonds. The molecule has 10 nitrogen and oxygen atoms in total. The van der Waals surface area contributed by atoms with Gasteiger partial charge in [0.2, 0.25) is 0 Å². The Bertz CT molecular complexity index is 1200. The van der Waals surface area contributed by atoms with Crippen LogP contribution in [0.5, 0.6) is 0 Å². The van der Waals surface area contributed by atoms with Crippen molar-refractivity contribution < 1.29 is 13.9 Å². The first kappa shape index (κ1) is 27.5. The van der Waals surface area contributed by atoms with Gasteiger partial charge in [0.25, 0.3) is 5.91 Å². The van der Waals surface area contributed by atoms with Crippen molar-refractivity contribution >= 4 is 40.5 Å². The van der Waals surface area contributed by atoms with Gasteiger partial charge in [0.15, 0.2) is 11.6 Å². The largest absolute Gasteiger partial charge is 0.381 e. The van der Waals surface area contributed by atoms with Crippen molar-refractivity contribution in [1.82, 2.24) is 19.7 Å². The summed E-state index contributed by atoms with van der Waals surface area (Å²) in [4.78, 5) is 22.2. The van der Waals surface area contributed by atoms with Crippen molar-refractivity contribution in [2.45, 2.75) is 74.7 Å². The van der Waals surface area contributed by atoms with Gasteiger partial charge in [-0.05, 0) is 12.8 Å². The molecular weight excluding hydrogens is 535 g/mol. The first-order valence-corrected chi connectivity index (χ1v) is 15.2. The smallest absolute Gasteiger partial charge is 0.263 e. The minimum atomic E-state index is -0.466. The monoisotopic (exact) mass is 574 g/mol. The Kier molecular flexibility index (Phi) is 8.05. The second kappa shape index (κ2) is 11.7. The van der Waals surface area contributed by atoms with Crippen LogP contribution in [0.15, 0.2) is 12.4 Å². The van der Waals surface area contributed by atoms with E-state index < -0.39 is 17.3 Å². The number of carbonyl (C=O) groups excluding carboxylic acids is 1. The van der Waals surface area contributed by atoms with E-state index in [1.807, 2.05) is 9.58 Å². The molecule has 3 aliphatic heterocycles. The Balaban J connectivity index is 1.25. The van der Waals surface area contributed by atoms with Gasteiger partial charge < -0.3 is 26.0 Å². The van der Waals surface area contributed by atoms with Gasteiger partial charge in [-0.3, -0.25) is 14.7 Å². The predicted octanol–water partition coefficient (Wildman–Crippen LogP) is 4.03. The highest BCUT2D eigenvalue weighted by atomic mass is 35.5. The van der Waals surface area contributed by atoms with E-state index in [2.05, 4.69) is 20.5 Å². The van der Waals surface area contributed by atoms with Crippen molar-refractivity contribution in [3.8, 4) is 0 Å². The van der Waals surface area contributed by atoms with E-state index in [1.165, 1.54) is 31.7 Å². The lowest BCUT2D eigenvalue weighted by atomic mass is 9.81. The van der Waals surface area contributed by atoms with Crippen LogP contribution < -0.4 is 21.3 Å². The number of alkyl halides is 1. The highest BCUT2D eigenvalue weighted by Crippen LogP contribution is 2.44. The summed E-state index contributed by atoms with van der Waals surface area (Å²) >= 11 is 7.01. The average Bonchev–Trinajstić information content (AvgIpc) is 3.26. The molecule has 1 saturated carbocycles. The summed E-state index contributed by atoms with van der Waals surface area (Å²) in [6.45, 7) is 4.93. The number of ether oxygens (including phenoxy) is 1. The average molecular weight is 575 g/mol. The lowest BCUT2D eigenvalue weighted by Crippen LogP contribution is -2.56. The zero-order valence-electron chi connectivity index (χ0n) is 23.0. The van der Waals surface area contributed by atoms with E-state index in [1.54, 1.807) is 0 Å². The number of aromatic nitrogens is 3. The standard InChI is InChI=1S/C28H40ClFN8O2/c29-22-16-33-26-23(25(31)35-38(26)28(22)8-6-4-2-1-3-5-7-9-28)27(39)34-21-15-32-14-20(30)24(21)37-12-10-36(11-13-37)19-17-40-18-19/h14-15,19,22,33H,1-13,16-18H2,(H2,31,35)(H,34,39). The van der Waals surface area contributed by atoms with Crippen molar-refractivity contribution in [2.24, 2.45) is 0 Å². The lowest BCUT2D eigenvalue weighted by molar-refractivity contribution is -0.0660. The SMILES string of the molecule is Nc1nn2c(c1C(=O)Nc1cncc(F)c1N1CCN(C3COC3)CC1)NCC(Cl)C21CCCCCCCCC1. The minimum absolute atomic E-state index is 0.143. The van der Waals surface area contributed by atoms with Gasteiger partial charge in [-0.2, -0.15) is 5.10 Å². The molecule has 1 spiro atoms. The molecule has 3 fully saturated rings. The van der Waals surface area contributed by atoms with Gasteiger partial charge in [0.05, 0.1) is 48.3 Å². The van der Waals surface area contributed by atoms with Gasteiger partial charge in [-0.15, -0.1) is 11.6 Å². The maximum Gasteiger partial charge on any atom is 0.263 e. The number of nitrogens with two attached hydrogens (primary N) is 1. The second-order valence-electron chi connectivity index (χ2n) is 11.6. The first-order chi connectivity index (χ1) is 19.5. The number of hydrogen-bond donors (Lipinski definition) is 3. The summed E-state index contributed by atoms with van der Waals surface area (Å²) in [6, 6.07) is 0.440. The van der Waals surface area contributed by atoms with Crippen LogP contribution >= 0.6 is 11.6 Å². The van der Waals surface area contributed by atoms with Crippen LogP contribution in [0.4, 0.5) is 27.4 Å². The van der Waals surface area contributed by atoms with Crippen LogP contribution in [0, 0.1) is 5.82 Å². The lowest BCUT2D eigenvalue weighted by Gasteiger charge is -2.43. The van der Waals surface area contributed by atoms with Gasteiger partial charge in [0, 0.05) is 32.7 Å². The number of rotatable bonds is 4. The maximum atomic E-state index is 15.2. The second-order valence-corrected chi connectivity index (χ2v) is 12.2. The maximum absolute atomic E-state index is 15.2. The molecule has 2 aromatic heterocycles. The molecule has 218 valence electrons. The van der Waals surface area contributed by atoms with E-state index in [9.17, 15) is 4.79 Å². The number of piperazine rings is 1. The summed E-state index contributed by atoms with van der Waals surface area (Å²) in [5.41, 5.74) is 6.96. The Labute approximate surface area is 239 Å². The summed E-state index contributed by atoms with van der Waals surface area (Å²) in [5, 5.41) is 10.8. The molecule has 40 heavy (non-hydrogen) atoms. The number of carbonyl (C=O) groups is 1. The highest BCUT2D eigenvalue weighted by Gasteiger charge is 2.46. The van der Waals surface area contributed by atoms with E-state index in [4.69, 9.17) is 27.2 Å². The fourth-order valence-electron chi connectivity index (χ4n) is 6.82. The predicted molar refractivity (Wildman–Crippen MR) is 155 cm³/mol. The fraction of sp³-hybridized carbons (Fsp3) is 0.679. The number of fused-ring (bicyclic) bond motifs is 2. The molecule has 2 aromatic rings. The third kappa shape index (κ3) is 5.12. The quantitative estimate of drug-likeness (QED) is 0.469. The summed E-state index contributed by atoms with van der Waals surface area (Å²) in [5.74, 6) is -0.171. The molecule has 0 aromatic carbocycles. The molecule has 5 heterocycles. The number of nitrogens with zero attached hydrogens (tertiary/aromatic N) is 5. The number of pyridine rings is 1. The molecular formula is C28H40ClFN8O2. The molecule has 0 bridgehead atoms. The van der Waals surface area contributed by atoms with Crippen LogP contribution in [-0.2, 0) is 10.3 Å². The molecule has 12 heteroatoms. The molecule has 4 aliphatic rings. The van der Waals surface area contributed by atoms with Crippen molar-refractivity contribution in [3.05, 3.63) is 23.8 Å². The third-order valence-corrected chi connectivity index (χ3v) is 9.76. The summed E-state index contributed by atoms with van der Waals surface area (Å²) in [7, 11) is 0. The van der Waals surface area contributed by atoms with Crippen molar-refractivity contribution in [2.75, 3.05) is 67.2 Å². The molecule has 1 aliphatic carbocycles. The minimum Gasteiger partial charge on any atom is -0.381 e. The van der Waals surface area contributed by atoms with Gasteiger partial charge in [-0.25, -0.2) is 9.07 Å². The first-order valence-electron chi connectivity index (χ1n) is 14.8. The van der Waals surface area contributed by atoms with E-state index in [-0.39, 0.29) is 16.8 Å². The molecule has 1 atom stereocenters. The zero-order chi connectivity index (χ0) is 27.7. The molecule has 2 saturated heterocycles. The van der Waals surface area contributed by atoms with E-state index >= 15 is 4.39 Å². The zero-order valence-corrected chi connectivity index (χ0v) is 23.8. The van der Waals surface area contributed by atoms with Crippen molar-refractivity contribution in [3.63, 3.8) is 0 Å². The van der Waals surface area contributed by atoms with Crippen molar-refractivity contribution in [1.29, 1.82) is 0 Å².